The third kappa shape index (κ3) is 3.84. The smallest absolute Gasteiger partial charge is 0.317 e. The van der Waals surface area contributed by atoms with E-state index in [-0.39, 0.29) is 17.5 Å². The molecule has 0 radical (unpaired) electrons. The van der Waals surface area contributed by atoms with E-state index >= 15 is 0 Å². The number of nitrogens with zero attached hydrogens (tertiary/aromatic N) is 2. The normalized spacial score (nSPS) is 22.7. The summed E-state index contributed by atoms with van der Waals surface area (Å²) in [5.74, 6) is 0.517. The summed E-state index contributed by atoms with van der Waals surface area (Å²) in [6, 6.07) is 19.0. The van der Waals surface area contributed by atoms with Gasteiger partial charge in [-0.1, -0.05) is 55.7 Å². The number of nitrogens with one attached hydrogen (secondary N) is 1. The summed E-state index contributed by atoms with van der Waals surface area (Å²) in [7, 11) is 0. The van der Waals surface area contributed by atoms with Crippen molar-refractivity contribution in [3.8, 4) is 11.1 Å². The van der Waals surface area contributed by atoms with Gasteiger partial charge in [0.1, 0.15) is 0 Å². The molecule has 2 aliphatic heterocycles. The first kappa shape index (κ1) is 20.5. The maximum atomic E-state index is 13.1. The first-order valence-electron chi connectivity index (χ1n) is 12.4. The van der Waals surface area contributed by atoms with E-state index in [1.54, 1.807) is 6.07 Å². The molecule has 2 aromatic carbocycles. The Morgan fingerprint density at radius 2 is 1.70 bits per heavy atom. The summed E-state index contributed by atoms with van der Waals surface area (Å²) >= 11 is 0. The van der Waals surface area contributed by atoms with Crippen molar-refractivity contribution in [3.63, 3.8) is 0 Å². The second kappa shape index (κ2) is 8.36. The summed E-state index contributed by atoms with van der Waals surface area (Å²) in [6.07, 6.45) is 6.93. The van der Waals surface area contributed by atoms with Crippen molar-refractivity contribution in [3.05, 3.63) is 70.6 Å². The van der Waals surface area contributed by atoms with Gasteiger partial charge in [0.15, 0.2) is 0 Å². The molecule has 1 N–H and O–H groups in total. The number of rotatable bonds is 2. The van der Waals surface area contributed by atoms with E-state index in [0.717, 1.165) is 42.6 Å². The van der Waals surface area contributed by atoms with Gasteiger partial charge in [-0.05, 0) is 53.6 Å². The zero-order valence-electron chi connectivity index (χ0n) is 19.0. The van der Waals surface area contributed by atoms with Crippen LogP contribution in [0.5, 0.6) is 0 Å². The third-order valence-electron chi connectivity index (χ3n) is 7.87. The maximum Gasteiger partial charge on any atom is 0.317 e. The predicted octanol–water partition coefficient (Wildman–Crippen LogP) is 5.13. The minimum absolute atomic E-state index is 0.0735. The molecule has 2 atom stereocenters. The van der Waals surface area contributed by atoms with Crippen molar-refractivity contribution in [1.29, 1.82) is 0 Å². The second-order valence-corrected chi connectivity index (χ2v) is 10.1. The Morgan fingerprint density at radius 3 is 2.55 bits per heavy atom. The molecular weight excluding hydrogens is 410 g/mol. The molecule has 3 aliphatic rings. The summed E-state index contributed by atoms with van der Waals surface area (Å²) in [6.45, 7) is 2.11. The first-order chi connectivity index (χ1) is 16.2. The molecule has 2 bridgehead atoms. The Morgan fingerprint density at radius 1 is 0.879 bits per heavy atom. The monoisotopic (exact) mass is 441 g/mol. The zero-order valence-corrected chi connectivity index (χ0v) is 19.0. The van der Waals surface area contributed by atoms with Gasteiger partial charge in [-0.3, -0.25) is 4.79 Å². The highest BCUT2D eigenvalue weighted by atomic mass is 16.2. The molecule has 2 fully saturated rings. The minimum Gasteiger partial charge on any atom is -0.335 e. The average molecular weight is 442 g/mol. The molecule has 1 saturated heterocycles. The molecule has 2 amide bonds. The van der Waals surface area contributed by atoms with Crippen molar-refractivity contribution < 1.29 is 4.79 Å². The number of likely N-dealkylation sites (tertiary alicyclic amines) is 1. The number of piperidine rings is 1. The summed E-state index contributed by atoms with van der Waals surface area (Å²) in [4.78, 5) is 28.0. The number of benzene rings is 2. The van der Waals surface area contributed by atoms with E-state index in [9.17, 15) is 9.59 Å². The minimum atomic E-state index is 0.0735. The van der Waals surface area contributed by atoms with Crippen LogP contribution in [0.4, 0.5) is 4.79 Å². The van der Waals surface area contributed by atoms with Crippen LogP contribution in [0.3, 0.4) is 0 Å². The zero-order chi connectivity index (χ0) is 22.4. The fourth-order valence-electron chi connectivity index (χ4n) is 6.29. The van der Waals surface area contributed by atoms with Crippen molar-refractivity contribution in [1.82, 2.24) is 14.8 Å². The SMILES string of the molecule is O=C(NC1CCCCC1)N1C[C@@H]2C[C@H](C1)c1c(-c3ccc4ccccc4c3)ccc(=O)n1C2. The van der Waals surface area contributed by atoms with Crippen LogP contribution in [0.2, 0.25) is 0 Å². The fourth-order valence-corrected chi connectivity index (χ4v) is 6.29. The van der Waals surface area contributed by atoms with E-state index in [2.05, 4.69) is 47.8 Å². The van der Waals surface area contributed by atoms with Crippen LogP contribution in [-0.4, -0.2) is 34.6 Å². The molecule has 33 heavy (non-hydrogen) atoms. The van der Waals surface area contributed by atoms with Gasteiger partial charge >= 0.3 is 6.03 Å². The highest BCUT2D eigenvalue weighted by molar-refractivity contribution is 5.87. The Bertz CT molecular complexity index is 1260. The van der Waals surface area contributed by atoms with Gasteiger partial charge < -0.3 is 14.8 Å². The number of carbonyl (C=O) groups excluding carboxylic acids is 1. The van der Waals surface area contributed by atoms with Gasteiger partial charge in [-0.15, -0.1) is 0 Å². The molecule has 1 saturated carbocycles. The molecule has 5 heteroatoms. The van der Waals surface area contributed by atoms with Gasteiger partial charge in [0.2, 0.25) is 0 Å². The molecule has 0 unspecified atom stereocenters. The highest BCUT2D eigenvalue weighted by Crippen LogP contribution is 2.40. The van der Waals surface area contributed by atoms with E-state index in [4.69, 9.17) is 0 Å². The van der Waals surface area contributed by atoms with Crippen molar-refractivity contribution in [2.75, 3.05) is 13.1 Å². The van der Waals surface area contributed by atoms with Gasteiger partial charge in [-0.25, -0.2) is 4.79 Å². The quantitative estimate of drug-likeness (QED) is 0.599. The number of amides is 2. The van der Waals surface area contributed by atoms with Crippen molar-refractivity contribution in [2.24, 2.45) is 5.92 Å². The molecule has 1 aliphatic carbocycles. The van der Waals surface area contributed by atoms with Crippen molar-refractivity contribution >= 4 is 16.8 Å². The van der Waals surface area contributed by atoms with E-state index in [1.165, 1.54) is 30.0 Å². The van der Waals surface area contributed by atoms with Gasteiger partial charge in [0, 0.05) is 48.9 Å². The number of fused-ring (bicyclic) bond motifs is 5. The lowest BCUT2D eigenvalue weighted by Gasteiger charge is -2.44. The van der Waals surface area contributed by atoms with E-state index < -0.39 is 0 Å². The number of pyridine rings is 1. The third-order valence-corrected chi connectivity index (χ3v) is 7.87. The number of urea groups is 1. The molecule has 6 rings (SSSR count). The lowest BCUT2D eigenvalue weighted by molar-refractivity contribution is 0.128. The summed E-state index contributed by atoms with van der Waals surface area (Å²) in [5, 5.41) is 5.71. The van der Waals surface area contributed by atoms with Crippen LogP contribution in [-0.2, 0) is 6.54 Å². The Balaban J connectivity index is 1.33. The number of hydrogen-bond acceptors (Lipinski definition) is 2. The fraction of sp³-hybridized carbons (Fsp3) is 0.429. The van der Waals surface area contributed by atoms with E-state index in [1.807, 2.05) is 15.5 Å². The van der Waals surface area contributed by atoms with Crippen LogP contribution < -0.4 is 10.9 Å². The van der Waals surface area contributed by atoms with Crippen LogP contribution in [0.25, 0.3) is 21.9 Å². The average Bonchev–Trinajstić information content (AvgIpc) is 2.85. The van der Waals surface area contributed by atoms with Gasteiger partial charge in [0.25, 0.3) is 5.56 Å². The first-order valence-corrected chi connectivity index (χ1v) is 12.4. The van der Waals surface area contributed by atoms with Crippen LogP contribution in [0.15, 0.2) is 59.4 Å². The van der Waals surface area contributed by atoms with Gasteiger partial charge in [-0.2, -0.15) is 0 Å². The second-order valence-electron chi connectivity index (χ2n) is 10.1. The number of carbonyl (C=O) groups is 1. The molecular formula is C28H31N3O2. The Labute approximate surface area is 194 Å². The van der Waals surface area contributed by atoms with Gasteiger partial charge in [0.05, 0.1) is 0 Å². The highest BCUT2D eigenvalue weighted by Gasteiger charge is 2.38. The number of hydrogen-bond donors (Lipinski definition) is 1. The molecule has 170 valence electrons. The predicted molar refractivity (Wildman–Crippen MR) is 131 cm³/mol. The topological polar surface area (TPSA) is 54.3 Å². The van der Waals surface area contributed by atoms with Crippen molar-refractivity contribution in [2.45, 2.75) is 57.0 Å². The Kier molecular flexibility index (Phi) is 5.20. The molecule has 3 aromatic rings. The standard InChI is InChI=1S/C28H31N3O2/c32-26-13-12-25(22-11-10-20-6-4-5-7-21(20)15-22)27-23-14-19(17-31(26)27)16-30(18-23)28(33)29-24-8-2-1-3-9-24/h4-7,10-13,15,19,23-24H,1-3,8-9,14,16-18H2,(H,29,33)/t19-,23+/m0/s1. The lowest BCUT2D eigenvalue weighted by atomic mass is 9.80. The summed E-state index contributed by atoms with van der Waals surface area (Å²) in [5.41, 5.74) is 3.44. The molecule has 3 heterocycles. The molecule has 5 nitrogen and oxygen atoms in total. The number of aromatic nitrogens is 1. The van der Waals surface area contributed by atoms with Crippen LogP contribution >= 0.6 is 0 Å². The largest absolute Gasteiger partial charge is 0.335 e. The maximum absolute atomic E-state index is 13.1. The lowest BCUT2D eigenvalue weighted by Crippen LogP contribution is -2.53. The van der Waals surface area contributed by atoms with Crippen LogP contribution in [0.1, 0.15) is 50.1 Å². The summed E-state index contributed by atoms with van der Waals surface area (Å²) < 4.78 is 1.99. The molecule has 0 spiro atoms. The van der Waals surface area contributed by atoms with Crippen LogP contribution in [0, 0.1) is 5.92 Å². The van der Waals surface area contributed by atoms with E-state index in [0.29, 0.717) is 25.0 Å². The molecule has 1 aromatic heterocycles. The Hall–Kier alpha value is -3.08.